The van der Waals surface area contributed by atoms with Gasteiger partial charge in [0, 0.05) is 11.8 Å². The first-order valence-corrected chi connectivity index (χ1v) is 7.66. The van der Waals surface area contributed by atoms with E-state index in [9.17, 15) is 9.18 Å². The molecule has 1 aromatic heterocycles. The SMILES string of the molecule is COc1cc(N)cc(Cl)c1NC(=O)c1ccc(-c2ccccc2F)o1. The van der Waals surface area contributed by atoms with E-state index in [2.05, 4.69) is 5.32 Å². The van der Waals surface area contributed by atoms with Gasteiger partial charge in [-0.3, -0.25) is 4.79 Å². The Bertz CT molecular complexity index is 940. The van der Waals surface area contributed by atoms with Crippen LogP contribution >= 0.6 is 11.6 Å². The van der Waals surface area contributed by atoms with Gasteiger partial charge in [-0.25, -0.2) is 4.39 Å². The van der Waals surface area contributed by atoms with Crippen LogP contribution in [0.3, 0.4) is 0 Å². The maximum absolute atomic E-state index is 13.8. The summed E-state index contributed by atoms with van der Waals surface area (Å²) in [7, 11) is 1.43. The Morgan fingerprint density at radius 3 is 2.72 bits per heavy atom. The van der Waals surface area contributed by atoms with Gasteiger partial charge >= 0.3 is 0 Å². The Hall–Kier alpha value is -2.99. The fourth-order valence-electron chi connectivity index (χ4n) is 2.32. The van der Waals surface area contributed by atoms with Gasteiger partial charge in [0.25, 0.3) is 5.91 Å². The largest absolute Gasteiger partial charge is 0.494 e. The average Bonchev–Trinajstić information content (AvgIpc) is 3.07. The third-order valence-corrected chi connectivity index (χ3v) is 3.80. The molecule has 0 aliphatic rings. The number of carbonyl (C=O) groups excluding carboxylic acids is 1. The molecule has 0 aliphatic carbocycles. The van der Waals surface area contributed by atoms with Gasteiger partial charge in [-0.05, 0) is 30.3 Å². The van der Waals surface area contributed by atoms with Gasteiger partial charge in [-0.2, -0.15) is 0 Å². The number of anilines is 2. The highest BCUT2D eigenvalue weighted by Crippen LogP contribution is 2.35. The number of nitrogen functional groups attached to an aromatic ring is 1. The number of hydrogen-bond donors (Lipinski definition) is 2. The molecule has 7 heteroatoms. The molecule has 0 saturated carbocycles. The number of methoxy groups -OCH3 is 1. The molecule has 128 valence electrons. The lowest BCUT2D eigenvalue weighted by Crippen LogP contribution is -2.12. The summed E-state index contributed by atoms with van der Waals surface area (Å²) < 4.78 is 24.5. The molecule has 0 aliphatic heterocycles. The highest BCUT2D eigenvalue weighted by Gasteiger charge is 2.18. The number of ether oxygens (including phenoxy) is 1. The average molecular weight is 361 g/mol. The minimum Gasteiger partial charge on any atom is -0.494 e. The molecule has 1 heterocycles. The first kappa shape index (κ1) is 16.9. The number of hydrogen-bond acceptors (Lipinski definition) is 4. The zero-order valence-electron chi connectivity index (χ0n) is 13.2. The maximum Gasteiger partial charge on any atom is 0.291 e. The molecule has 3 rings (SSSR count). The molecular formula is C18H14ClFN2O3. The van der Waals surface area contributed by atoms with Crippen LogP contribution in [0, 0.1) is 5.82 Å². The van der Waals surface area contributed by atoms with Crippen LogP contribution in [0.15, 0.2) is 52.9 Å². The van der Waals surface area contributed by atoms with Crippen LogP contribution < -0.4 is 15.8 Å². The van der Waals surface area contributed by atoms with Gasteiger partial charge in [0.2, 0.25) is 0 Å². The van der Waals surface area contributed by atoms with Gasteiger partial charge in [0.05, 0.1) is 17.7 Å². The van der Waals surface area contributed by atoms with Gasteiger partial charge in [0.15, 0.2) is 5.76 Å². The second-order valence-electron chi connectivity index (χ2n) is 5.18. The molecule has 0 bridgehead atoms. The van der Waals surface area contributed by atoms with E-state index < -0.39 is 11.7 Å². The van der Waals surface area contributed by atoms with Crippen molar-refractivity contribution in [3.05, 3.63) is 65.1 Å². The van der Waals surface area contributed by atoms with Gasteiger partial charge < -0.3 is 20.2 Å². The van der Waals surface area contributed by atoms with Gasteiger partial charge in [0.1, 0.15) is 23.0 Å². The third-order valence-electron chi connectivity index (χ3n) is 3.50. The zero-order chi connectivity index (χ0) is 18.0. The number of benzene rings is 2. The molecular weight excluding hydrogens is 347 g/mol. The number of amides is 1. The Balaban J connectivity index is 1.88. The number of nitrogens with two attached hydrogens (primary N) is 1. The van der Waals surface area contributed by atoms with E-state index in [0.29, 0.717) is 11.4 Å². The minimum absolute atomic E-state index is 0.00759. The molecule has 0 saturated heterocycles. The van der Waals surface area contributed by atoms with Crippen LogP contribution in [-0.4, -0.2) is 13.0 Å². The quantitative estimate of drug-likeness (QED) is 0.667. The predicted molar refractivity (Wildman–Crippen MR) is 94.5 cm³/mol. The van der Waals surface area contributed by atoms with Crippen LogP contribution in [0.5, 0.6) is 5.75 Å². The first-order valence-electron chi connectivity index (χ1n) is 7.28. The summed E-state index contributed by atoms with van der Waals surface area (Å²) in [4.78, 5) is 12.4. The molecule has 1 amide bonds. The lowest BCUT2D eigenvalue weighted by molar-refractivity contribution is 0.0997. The van der Waals surface area contributed by atoms with E-state index in [-0.39, 0.29) is 27.8 Å². The Kier molecular flexibility index (Phi) is 4.63. The van der Waals surface area contributed by atoms with Gasteiger partial charge in [-0.15, -0.1) is 0 Å². The lowest BCUT2D eigenvalue weighted by Gasteiger charge is -2.12. The summed E-state index contributed by atoms with van der Waals surface area (Å²) in [6.45, 7) is 0. The monoisotopic (exact) mass is 360 g/mol. The summed E-state index contributed by atoms with van der Waals surface area (Å²) in [5.74, 6) is -0.411. The molecule has 0 fully saturated rings. The van der Waals surface area contributed by atoms with E-state index in [1.54, 1.807) is 18.2 Å². The second-order valence-corrected chi connectivity index (χ2v) is 5.59. The van der Waals surface area contributed by atoms with E-state index in [4.69, 9.17) is 26.5 Å². The van der Waals surface area contributed by atoms with Crippen molar-refractivity contribution in [1.82, 2.24) is 0 Å². The van der Waals surface area contributed by atoms with Crippen molar-refractivity contribution < 1.29 is 18.3 Å². The summed E-state index contributed by atoms with van der Waals surface area (Å²) in [5.41, 5.74) is 6.64. The van der Waals surface area contributed by atoms with Crippen LogP contribution in [0.2, 0.25) is 5.02 Å². The number of furan rings is 1. The molecule has 25 heavy (non-hydrogen) atoms. The fraction of sp³-hybridized carbons (Fsp3) is 0.0556. The zero-order valence-corrected chi connectivity index (χ0v) is 13.9. The standard InChI is InChI=1S/C18H14ClFN2O3/c1-24-16-9-10(21)8-12(19)17(16)22-18(23)15-7-6-14(25-15)11-4-2-3-5-13(11)20/h2-9H,21H2,1H3,(H,22,23). The normalized spacial score (nSPS) is 10.5. The van der Waals surface area contributed by atoms with Crippen LogP contribution in [-0.2, 0) is 0 Å². The van der Waals surface area contributed by atoms with Crippen molar-refractivity contribution in [3.63, 3.8) is 0 Å². The number of halogens is 2. The molecule has 2 aromatic carbocycles. The second kappa shape index (κ2) is 6.86. The number of nitrogens with one attached hydrogen (secondary N) is 1. The van der Waals surface area contributed by atoms with Crippen molar-refractivity contribution in [2.75, 3.05) is 18.2 Å². The molecule has 0 unspecified atom stereocenters. The molecule has 5 nitrogen and oxygen atoms in total. The minimum atomic E-state index is -0.549. The lowest BCUT2D eigenvalue weighted by atomic mass is 10.1. The summed E-state index contributed by atoms with van der Waals surface area (Å²) in [5, 5.41) is 2.84. The van der Waals surface area contributed by atoms with Crippen molar-refractivity contribution >= 4 is 28.9 Å². The predicted octanol–water partition coefficient (Wildman–Crippen LogP) is 4.58. The van der Waals surface area contributed by atoms with Crippen LogP contribution in [0.4, 0.5) is 15.8 Å². The van der Waals surface area contributed by atoms with E-state index in [1.165, 1.54) is 37.4 Å². The Morgan fingerprint density at radius 2 is 2.00 bits per heavy atom. The highest BCUT2D eigenvalue weighted by molar-refractivity contribution is 6.34. The van der Waals surface area contributed by atoms with E-state index in [1.807, 2.05) is 0 Å². The van der Waals surface area contributed by atoms with Gasteiger partial charge in [-0.1, -0.05) is 23.7 Å². The molecule has 0 radical (unpaired) electrons. The highest BCUT2D eigenvalue weighted by atomic mass is 35.5. The molecule has 0 atom stereocenters. The van der Waals surface area contributed by atoms with Crippen molar-refractivity contribution in [3.8, 4) is 17.1 Å². The fourth-order valence-corrected chi connectivity index (χ4v) is 2.59. The number of rotatable bonds is 4. The Labute approximate surface area is 148 Å². The molecule has 0 spiro atoms. The maximum atomic E-state index is 13.8. The third kappa shape index (κ3) is 3.44. The summed E-state index contributed by atoms with van der Waals surface area (Å²) in [6, 6.07) is 12.1. The summed E-state index contributed by atoms with van der Waals surface area (Å²) >= 11 is 6.11. The topological polar surface area (TPSA) is 77.5 Å². The molecule has 3 N–H and O–H groups in total. The Morgan fingerprint density at radius 1 is 1.24 bits per heavy atom. The van der Waals surface area contributed by atoms with Crippen molar-refractivity contribution in [2.24, 2.45) is 0 Å². The van der Waals surface area contributed by atoms with E-state index in [0.717, 1.165) is 0 Å². The van der Waals surface area contributed by atoms with E-state index >= 15 is 0 Å². The molecule has 3 aromatic rings. The summed E-state index contributed by atoms with van der Waals surface area (Å²) in [6.07, 6.45) is 0. The number of carbonyl (C=O) groups is 1. The van der Waals surface area contributed by atoms with Crippen molar-refractivity contribution in [2.45, 2.75) is 0 Å². The van der Waals surface area contributed by atoms with Crippen LogP contribution in [0.1, 0.15) is 10.6 Å². The first-order chi connectivity index (χ1) is 12.0. The van der Waals surface area contributed by atoms with Crippen molar-refractivity contribution in [1.29, 1.82) is 0 Å². The smallest absolute Gasteiger partial charge is 0.291 e. The van der Waals surface area contributed by atoms with Crippen LogP contribution in [0.25, 0.3) is 11.3 Å².